The molecule has 0 aliphatic rings. The number of nitrogens with zero attached hydrogens (tertiary/aromatic N) is 2. The number of aromatic nitrogens is 2. The summed E-state index contributed by atoms with van der Waals surface area (Å²) in [5.74, 6) is 0. The van der Waals surface area contributed by atoms with E-state index in [0.717, 1.165) is 7.82 Å². The maximum absolute atomic E-state index is 4.28. The summed E-state index contributed by atoms with van der Waals surface area (Å²) in [6.07, 6.45) is 3.66. The van der Waals surface area contributed by atoms with E-state index in [2.05, 4.69) is 22.1 Å². The Labute approximate surface area is 86.4 Å². The fraction of sp³-hybridized carbons (Fsp3) is 0. The van der Waals surface area contributed by atoms with E-state index in [1.54, 1.807) is 0 Å². The first-order valence-corrected chi connectivity index (χ1v) is 6.01. The standard InChI is InChI=1S/2C5H4N.Au/c2*1-2-4-6-5-3-1;/h2*1-4H;. The topological polar surface area (TPSA) is 25.8 Å². The Kier molecular flexibility index (Phi) is 2.87. The average Bonchev–Trinajstić information content (AvgIpc) is 2.21. The van der Waals surface area contributed by atoms with Gasteiger partial charge in [0.2, 0.25) is 0 Å². The third-order valence-corrected chi connectivity index (χ3v) is 3.76. The van der Waals surface area contributed by atoms with Crippen LogP contribution in [0.25, 0.3) is 0 Å². The molecule has 2 heterocycles. The molecule has 0 atom stereocenters. The molecule has 0 aliphatic carbocycles. The Hall–Kier alpha value is -0.960. The number of hydrogen-bond donors (Lipinski definition) is 0. The molecule has 0 N–H and O–H groups in total. The molecule has 0 aromatic carbocycles. The van der Waals surface area contributed by atoms with E-state index >= 15 is 0 Å². The van der Waals surface area contributed by atoms with Crippen molar-refractivity contribution >= 4 is 7.82 Å². The van der Waals surface area contributed by atoms with Gasteiger partial charge in [-0.25, -0.2) is 0 Å². The second-order valence-electron chi connectivity index (χ2n) is 2.30. The summed E-state index contributed by atoms with van der Waals surface area (Å²) in [5.41, 5.74) is 0. The summed E-state index contributed by atoms with van der Waals surface area (Å²) in [7, 11) is 0. The van der Waals surface area contributed by atoms with E-state index in [1.807, 2.05) is 36.7 Å². The van der Waals surface area contributed by atoms with Gasteiger partial charge in [-0.05, 0) is 0 Å². The Morgan fingerprint density at radius 2 is 1.31 bits per heavy atom. The van der Waals surface area contributed by atoms with Gasteiger partial charge >= 0.3 is 86.3 Å². The molecule has 0 unspecified atom stereocenters. The first-order valence-electron chi connectivity index (χ1n) is 3.84. The van der Waals surface area contributed by atoms with Crippen molar-refractivity contribution in [3.63, 3.8) is 0 Å². The fourth-order valence-corrected chi connectivity index (χ4v) is 2.78. The predicted molar refractivity (Wildman–Crippen MR) is 47.7 cm³/mol. The summed E-state index contributed by atoms with van der Waals surface area (Å²) in [6.45, 7) is 0. The van der Waals surface area contributed by atoms with Crippen molar-refractivity contribution in [3.05, 3.63) is 48.8 Å². The van der Waals surface area contributed by atoms with E-state index in [4.69, 9.17) is 0 Å². The minimum absolute atomic E-state index is 0.0773. The van der Waals surface area contributed by atoms with Crippen LogP contribution in [0.5, 0.6) is 0 Å². The average molecular weight is 353 g/mol. The molecule has 0 bridgehead atoms. The molecule has 2 aromatic heterocycles. The molecule has 3 heteroatoms. The molecule has 0 saturated heterocycles. The molecule has 69 valence electrons. The van der Waals surface area contributed by atoms with Crippen LogP contribution in [-0.2, 0) is 19.8 Å². The van der Waals surface area contributed by atoms with Gasteiger partial charge in [-0.1, -0.05) is 0 Å². The Morgan fingerprint density at radius 1 is 0.769 bits per heavy atom. The third-order valence-electron chi connectivity index (χ3n) is 1.37. The molecule has 0 spiro atoms. The zero-order chi connectivity index (χ0) is 8.93. The van der Waals surface area contributed by atoms with Gasteiger partial charge in [-0.3, -0.25) is 0 Å². The predicted octanol–water partition coefficient (Wildman–Crippen LogP) is 0.510. The maximum atomic E-state index is 4.28. The first kappa shape index (κ1) is 8.63. The van der Waals surface area contributed by atoms with Gasteiger partial charge in [-0.2, -0.15) is 0 Å². The van der Waals surface area contributed by atoms with Gasteiger partial charge in [0.15, 0.2) is 0 Å². The quantitative estimate of drug-likeness (QED) is 0.736. The zero-order valence-corrected chi connectivity index (χ0v) is 8.98. The molecular weight excluding hydrogens is 345 g/mol. The van der Waals surface area contributed by atoms with Crippen molar-refractivity contribution < 1.29 is 19.8 Å². The molecule has 0 aliphatic heterocycles. The Morgan fingerprint density at radius 3 is 1.69 bits per heavy atom. The fourth-order valence-electron chi connectivity index (χ4n) is 0.826. The van der Waals surface area contributed by atoms with Gasteiger partial charge in [0.1, 0.15) is 0 Å². The van der Waals surface area contributed by atoms with Crippen LogP contribution >= 0.6 is 0 Å². The summed E-state index contributed by atoms with van der Waals surface area (Å²) in [5, 5.41) is 0. The van der Waals surface area contributed by atoms with E-state index in [9.17, 15) is 0 Å². The number of hydrogen-bond acceptors (Lipinski definition) is 2. The second kappa shape index (κ2) is 4.33. The molecule has 0 radical (unpaired) electrons. The van der Waals surface area contributed by atoms with Gasteiger partial charge in [-0.15, -0.1) is 0 Å². The van der Waals surface area contributed by atoms with Crippen LogP contribution in [0.2, 0.25) is 0 Å². The van der Waals surface area contributed by atoms with Crippen LogP contribution in [0.4, 0.5) is 0 Å². The molecule has 0 saturated carbocycles. The number of pyridine rings is 2. The van der Waals surface area contributed by atoms with Gasteiger partial charge < -0.3 is 0 Å². The van der Waals surface area contributed by atoms with Crippen LogP contribution in [-0.4, -0.2) is 9.97 Å². The van der Waals surface area contributed by atoms with Crippen molar-refractivity contribution in [2.24, 2.45) is 0 Å². The van der Waals surface area contributed by atoms with Crippen molar-refractivity contribution in [1.82, 2.24) is 9.97 Å². The SMILES string of the molecule is c1cc[c]([Au][c]2ccccn2)nc1. The van der Waals surface area contributed by atoms with E-state index in [-0.39, 0.29) is 19.8 Å². The number of rotatable bonds is 2. The van der Waals surface area contributed by atoms with Gasteiger partial charge in [0, 0.05) is 0 Å². The van der Waals surface area contributed by atoms with Crippen LogP contribution in [0, 0.1) is 0 Å². The van der Waals surface area contributed by atoms with Crippen LogP contribution in [0.3, 0.4) is 0 Å². The van der Waals surface area contributed by atoms with Gasteiger partial charge in [0.05, 0.1) is 0 Å². The van der Waals surface area contributed by atoms with E-state index in [0.29, 0.717) is 0 Å². The summed E-state index contributed by atoms with van der Waals surface area (Å²) in [6, 6.07) is 12.0. The first-order chi connectivity index (χ1) is 6.45. The molecule has 2 aromatic rings. The normalized spacial score (nSPS) is 10.2. The zero-order valence-electron chi connectivity index (χ0n) is 6.81. The third kappa shape index (κ3) is 2.49. The van der Waals surface area contributed by atoms with Crippen molar-refractivity contribution in [3.8, 4) is 0 Å². The van der Waals surface area contributed by atoms with Crippen LogP contribution in [0.1, 0.15) is 0 Å². The van der Waals surface area contributed by atoms with Crippen LogP contribution in [0.15, 0.2) is 48.8 Å². The minimum atomic E-state index is -0.0773. The second-order valence-corrected chi connectivity index (χ2v) is 5.06. The monoisotopic (exact) mass is 353 g/mol. The summed E-state index contributed by atoms with van der Waals surface area (Å²) in [4.78, 5) is 8.55. The molecule has 0 fully saturated rings. The molecular formula is C10H8AuN2. The van der Waals surface area contributed by atoms with E-state index < -0.39 is 0 Å². The Balaban J connectivity index is 2.16. The Bertz CT molecular complexity index is 324. The molecule has 0 amide bonds. The van der Waals surface area contributed by atoms with Crippen molar-refractivity contribution in [1.29, 1.82) is 0 Å². The van der Waals surface area contributed by atoms with Crippen molar-refractivity contribution in [2.45, 2.75) is 0 Å². The molecule has 2 nitrogen and oxygen atoms in total. The molecule has 2 rings (SSSR count). The summed E-state index contributed by atoms with van der Waals surface area (Å²) < 4.78 is 2.31. The van der Waals surface area contributed by atoms with Crippen molar-refractivity contribution in [2.75, 3.05) is 0 Å². The molecule has 13 heavy (non-hydrogen) atoms. The van der Waals surface area contributed by atoms with E-state index in [1.165, 1.54) is 0 Å². The van der Waals surface area contributed by atoms with Crippen LogP contribution < -0.4 is 7.82 Å². The summed E-state index contributed by atoms with van der Waals surface area (Å²) >= 11 is -0.0773. The van der Waals surface area contributed by atoms with Gasteiger partial charge in [0.25, 0.3) is 0 Å².